The van der Waals surface area contributed by atoms with Gasteiger partial charge in [0, 0.05) is 18.3 Å². The second-order valence-corrected chi connectivity index (χ2v) is 5.12. The molecule has 1 saturated carbocycles. The molecule has 1 aromatic heterocycles. The van der Waals surface area contributed by atoms with E-state index in [1.54, 1.807) is 6.20 Å². The molecule has 0 spiro atoms. The minimum atomic E-state index is -0.123. The molecule has 0 bridgehead atoms. The van der Waals surface area contributed by atoms with Crippen molar-refractivity contribution >= 4 is 5.91 Å². The second kappa shape index (κ2) is 6.00. The Bertz CT molecular complexity index is 395. The number of amides is 1. The third kappa shape index (κ3) is 3.32. The smallest absolute Gasteiger partial charge is 0.263 e. The summed E-state index contributed by atoms with van der Waals surface area (Å²) in [6.45, 7) is 4.39. The predicted octanol–water partition coefficient (Wildman–Crippen LogP) is 2.00. The lowest BCUT2D eigenvalue weighted by atomic mass is 10.2. The molecule has 5 nitrogen and oxygen atoms in total. The van der Waals surface area contributed by atoms with Gasteiger partial charge in [-0.3, -0.25) is 9.63 Å². The molecule has 1 aliphatic carbocycles. The Morgan fingerprint density at radius 2 is 2.28 bits per heavy atom. The van der Waals surface area contributed by atoms with Crippen molar-refractivity contribution < 1.29 is 9.63 Å². The van der Waals surface area contributed by atoms with Gasteiger partial charge >= 0.3 is 0 Å². The van der Waals surface area contributed by atoms with Gasteiger partial charge in [-0.25, -0.2) is 10.5 Å². The maximum Gasteiger partial charge on any atom is 0.263 e. The molecule has 2 rings (SSSR count). The first-order valence-electron chi connectivity index (χ1n) is 6.62. The van der Waals surface area contributed by atoms with Crippen molar-refractivity contribution in [1.82, 2.24) is 15.0 Å². The minimum Gasteiger partial charge on any atom is -0.325 e. The van der Waals surface area contributed by atoms with Gasteiger partial charge in [0.1, 0.15) is 12.4 Å². The van der Waals surface area contributed by atoms with Gasteiger partial charge in [-0.1, -0.05) is 26.7 Å². The Morgan fingerprint density at radius 3 is 2.94 bits per heavy atom. The Morgan fingerprint density at radius 1 is 1.56 bits per heavy atom. The third-order valence-corrected chi connectivity index (χ3v) is 3.22. The number of hydrogen-bond donors (Lipinski definition) is 1. The van der Waals surface area contributed by atoms with E-state index in [2.05, 4.69) is 24.3 Å². The number of imidazole rings is 1. The lowest BCUT2D eigenvalue weighted by Crippen LogP contribution is -2.31. The van der Waals surface area contributed by atoms with Crippen molar-refractivity contribution in [2.24, 2.45) is 0 Å². The fourth-order valence-corrected chi connectivity index (χ4v) is 2.30. The fourth-order valence-electron chi connectivity index (χ4n) is 2.30. The van der Waals surface area contributed by atoms with Crippen LogP contribution in [-0.4, -0.2) is 21.6 Å². The van der Waals surface area contributed by atoms with Crippen LogP contribution in [0.15, 0.2) is 12.4 Å². The van der Waals surface area contributed by atoms with Gasteiger partial charge in [0.15, 0.2) is 0 Å². The highest BCUT2D eigenvalue weighted by Gasteiger charge is 2.17. The van der Waals surface area contributed by atoms with E-state index in [9.17, 15) is 4.79 Å². The SMILES string of the molecule is CC(C)c1nccn1CC(=O)NOC1CCCC1. The Kier molecular flexibility index (Phi) is 4.36. The monoisotopic (exact) mass is 251 g/mol. The number of hydrogen-bond acceptors (Lipinski definition) is 3. The number of carbonyl (C=O) groups is 1. The molecular formula is C13H21N3O2. The lowest BCUT2D eigenvalue weighted by Gasteiger charge is -2.13. The van der Waals surface area contributed by atoms with Gasteiger partial charge in [0.25, 0.3) is 5.91 Å². The van der Waals surface area contributed by atoms with Crippen molar-refractivity contribution in [2.45, 2.75) is 58.1 Å². The van der Waals surface area contributed by atoms with Crippen LogP contribution < -0.4 is 5.48 Å². The zero-order valence-electron chi connectivity index (χ0n) is 11.1. The van der Waals surface area contributed by atoms with Gasteiger partial charge in [0.2, 0.25) is 0 Å². The number of rotatable bonds is 5. The van der Waals surface area contributed by atoms with Crippen molar-refractivity contribution in [3.63, 3.8) is 0 Å². The van der Waals surface area contributed by atoms with E-state index in [1.165, 1.54) is 12.8 Å². The lowest BCUT2D eigenvalue weighted by molar-refractivity contribution is -0.138. The number of hydroxylamine groups is 1. The number of carbonyl (C=O) groups excluding carboxylic acids is 1. The van der Waals surface area contributed by atoms with Gasteiger partial charge < -0.3 is 4.57 Å². The molecule has 1 aliphatic rings. The van der Waals surface area contributed by atoms with Crippen LogP contribution in [0.3, 0.4) is 0 Å². The van der Waals surface area contributed by atoms with Gasteiger partial charge in [0.05, 0.1) is 6.10 Å². The first-order valence-corrected chi connectivity index (χ1v) is 6.62. The highest BCUT2D eigenvalue weighted by molar-refractivity contribution is 5.74. The van der Waals surface area contributed by atoms with Crippen LogP contribution in [0.2, 0.25) is 0 Å². The van der Waals surface area contributed by atoms with Crippen LogP contribution in [0.4, 0.5) is 0 Å². The number of nitrogens with zero attached hydrogens (tertiary/aromatic N) is 2. The fraction of sp³-hybridized carbons (Fsp3) is 0.692. The summed E-state index contributed by atoms with van der Waals surface area (Å²) in [6.07, 6.45) is 8.22. The molecule has 0 saturated heterocycles. The largest absolute Gasteiger partial charge is 0.325 e. The van der Waals surface area contributed by atoms with Crippen LogP contribution in [0.25, 0.3) is 0 Å². The van der Waals surface area contributed by atoms with E-state index in [4.69, 9.17) is 4.84 Å². The summed E-state index contributed by atoms with van der Waals surface area (Å²) in [5.41, 5.74) is 2.54. The standard InChI is InChI=1S/C13H21N3O2/c1-10(2)13-14-7-8-16(13)9-12(17)15-18-11-5-3-4-6-11/h7-8,10-11H,3-6,9H2,1-2H3,(H,15,17). The van der Waals surface area contributed by atoms with Gasteiger partial charge in [-0.2, -0.15) is 0 Å². The van der Waals surface area contributed by atoms with E-state index in [-0.39, 0.29) is 18.6 Å². The summed E-state index contributed by atoms with van der Waals surface area (Å²) in [5, 5.41) is 0. The number of aromatic nitrogens is 2. The molecule has 0 radical (unpaired) electrons. The molecular weight excluding hydrogens is 230 g/mol. The van der Waals surface area contributed by atoms with Crippen molar-refractivity contribution in [1.29, 1.82) is 0 Å². The Hall–Kier alpha value is -1.36. The summed E-state index contributed by atoms with van der Waals surface area (Å²) in [5.74, 6) is 1.11. The second-order valence-electron chi connectivity index (χ2n) is 5.12. The first-order chi connectivity index (χ1) is 8.66. The zero-order chi connectivity index (χ0) is 13.0. The summed E-state index contributed by atoms with van der Waals surface area (Å²) in [4.78, 5) is 21.4. The average Bonchev–Trinajstić information content (AvgIpc) is 2.96. The molecule has 1 fully saturated rings. The quantitative estimate of drug-likeness (QED) is 0.814. The van der Waals surface area contributed by atoms with Crippen LogP contribution >= 0.6 is 0 Å². The average molecular weight is 251 g/mol. The molecule has 5 heteroatoms. The third-order valence-electron chi connectivity index (χ3n) is 3.22. The van der Waals surface area contributed by atoms with Crippen LogP contribution in [-0.2, 0) is 16.2 Å². The molecule has 1 amide bonds. The summed E-state index contributed by atoms with van der Waals surface area (Å²) in [6, 6.07) is 0. The van der Waals surface area contributed by atoms with E-state index in [0.717, 1.165) is 18.7 Å². The highest BCUT2D eigenvalue weighted by atomic mass is 16.7. The zero-order valence-corrected chi connectivity index (χ0v) is 11.1. The Labute approximate surface area is 107 Å². The van der Waals surface area contributed by atoms with Crippen molar-refractivity contribution in [3.8, 4) is 0 Å². The molecule has 0 aliphatic heterocycles. The van der Waals surface area contributed by atoms with Gasteiger partial charge in [-0.15, -0.1) is 0 Å². The van der Waals surface area contributed by atoms with E-state index in [0.29, 0.717) is 5.92 Å². The normalized spacial score (nSPS) is 16.4. The van der Waals surface area contributed by atoms with E-state index in [1.807, 2.05) is 10.8 Å². The summed E-state index contributed by atoms with van der Waals surface area (Å²) >= 11 is 0. The minimum absolute atomic E-state index is 0.123. The summed E-state index contributed by atoms with van der Waals surface area (Å²) in [7, 11) is 0. The molecule has 18 heavy (non-hydrogen) atoms. The van der Waals surface area contributed by atoms with E-state index >= 15 is 0 Å². The molecule has 0 unspecified atom stereocenters. The van der Waals surface area contributed by atoms with Crippen LogP contribution in [0.5, 0.6) is 0 Å². The first kappa shape index (κ1) is 13.1. The van der Waals surface area contributed by atoms with E-state index < -0.39 is 0 Å². The van der Waals surface area contributed by atoms with Crippen molar-refractivity contribution in [3.05, 3.63) is 18.2 Å². The molecule has 100 valence electrons. The highest BCUT2D eigenvalue weighted by Crippen LogP contribution is 2.19. The maximum atomic E-state index is 11.8. The maximum absolute atomic E-state index is 11.8. The van der Waals surface area contributed by atoms with Crippen LogP contribution in [0, 0.1) is 0 Å². The molecule has 1 heterocycles. The summed E-state index contributed by atoms with van der Waals surface area (Å²) < 4.78 is 1.86. The van der Waals surface area contributed by atoms with Crippen LogP contribution in [0.1, 0.15) is 51.3 Å². The van der Waals surface area contributed by atoms with Gasteiger partial charge in [-0.05, 0) is 12.8 Å². The van der Waals surface area contributed by atoms with Crippen molar-refractivity contribution in [2.75, 3.05) is 0 Å². The Balaban J connectivity index is 1.81. The molecule has 0 atom stereocenters. The predicted molar refractivity (Wildman–Crippen MR) is 67.8 cm³/mol. The topological polar surface area (TPSA) is 56.2 Å². The molecule has 0 aromatic carbocycles. The number of nitrogens with one attached hydrogen (secondary N) is 1. The molecule has 1 N–H and O–H groups in total. The molecule has 1 aromatic rings.